The SMILES string of the molecule is COc1cccc(-c2csc(NC(=O)C(C)Sc3nc(C)cc(C)n3)n2)c1. The quantitative estimate of drug-likeness (QED) is 0.490. The molecule has 0 saturated carbocycles. The van der Waals surface area contributed by atoms with Crippen LogP contribution in [0.4, 0.5) is 5.13 Å². The van der Waals surface area contributed by atoms with Crippen LogP contribution in [0.25, 0.3) is 11.3 Å². The zero-order chi connectivity index (χ0) is 19.4. The number of nitrogens with one attached hydrogen (secondary N) is 1. The first-order valence-electron chi connectivity index (χ1n) is 8.34. The Balaban J connectivity index is 1.66. The molecule has 0 saturated heterocycles. The highest BCUT2D eigenvalue weighted by Crippen LogP contribution is 2.28. The number of ether oxygens (including phenoxy) is 1. The van der Waals surface area contributed by atoms with Crippen molar-refractivity contribution in [2.45, 2.75) is 31.2 Å². The Hall–Kier alpha value is -2.45. The van der Waals surface area contributed by atoms with E-state index in [1.807, 2.05) is 56.5 Å². The normalized spacial score (nSPS) is 11.9. The van der Waals surface area contributed by atoms with Crippen LogP contribution in [0.1, 0.15) is 18.3 Å². The number of carbonyl (C=O) groups excluding carboxylic acids is 1. The number of benzene rings is 1. The molecule has 2 heterocycles. The van der Waals surface area contributed by atoms with E-state index < -0.39 is 0 Å². The van der Waals surface area contributed by atoms with Gasteiger partial charge < -0.3 is 10.1 Å². The summed E-state index contributed by atoms with van der Waals surface area (Å²) in [5.74, 6) is 0.638. The average molecular weight is 401 g/mol. The minimum atomic E-state index is -0.338. The van der Waals surface area contributed by atoms with Gasteiger partial charge in [0.2, 0.25) is 5.91 Å². The van der Waals surface area contributed by atoms with Crippen molar-refractivity contribution in [1.29, 1.82) is 0 Å². The highest BCUT2D eigenvalue weighted by molar-refractivity contribution is 8.00. The van der Waals surface area contributed by atoms with Crippen LogP contribution < -0.4 is 10.1 Å². The van der Waals surface area contributed by atoms with Crippen LogP contribution in [0, 0.1) is 13.8 Å². The van der Waals surface area contributed by atoms with Gasteiger partial charge in [0.05, 0.1) is 18.1 Å². The number of aryl methyl sites for hydroxylation is 2. The summed E-state index contributed by atoms with van der Waals surface area (Å²) in [4.78, 5) is 25.7. The van der Waals surface area contributed by atoms with Crippen molar-refractivity contribution in [3.8, 4) is 17.0 Å². The third-order valence-corrected chi connectivity index (χ3v) is 5.43. The molecule has 0 bridgehead atoms. The van der Waals surface area contributed by atoms with Gasteiger partial charge in [0.25, 0.3) is 0 Å². The van der Waals surface area contributed by atoms with Gasteiger partial charge in [-0.2, -0.15) is 0 Å². The van der Waals surface area contributed by atoms with Gasteiger partial charge in [0.1, 0.15) is 5.75 Å². The van der Waals surface area contributed by atoms with Crippen LogP contribution in [0.2, 0.25) is 0 Å². The summed E-state index contributed by atoms with van der Waals surface area (Å²) in [6.45, 7) is 5.66. The van der Waals surface area contributed by atoms with Crippen LogP contribution in [0.15, 0.2) is 40.9 Å². The third kappa shape index (κ3) is 5.05. The van der Waals surface area contributed by atoms with E-state index in [4.69, 9.17) is 4.74 Å². The Labute approximate surface area is 166 Å². The van der Waals surface area contributed by atoms with Crippen molar-refractivity contribution in [2.24, 2.45) is 0 Å². The van der Waals surface area contributed by atoms with Gasteiger partial charge in [-0.25, -0.2) is 15.0 Å². The summed E-state index contributed by atoms with van der Waals surface area (Å²) >= 11 is 2.72. The van der Waals surface area contributed by atoms with Gasteiger partial charge in [-0.3, -0.25) is 4.79 Å². The minimum absolute atomic E-state index is 0.130. The van der Waals surface area contributed by atoms with Gasteiger partial charge >= 0.3 is 0 Å². The molecule has 6 nitrogen and oxygen atoms in total. The number of aromatic nitrogens is 3. The molecule has 0 aliphatic rings. The smallest absolute Gasteiger partial charge is 0.239 e. The molecule has 0 radical (unpaired) electrons. The lowest BCUT2D eigenvalue weighted by atomic mass is 10.2. The molecule has 3 rings (SSSR count). The van der Waals surface area contributed by atoms with Crippen LogP contribution >= 0.6 is 23.1 Å². The minimum Gasteiger partial charge on any atom is -0.497 e. The Morgan fingerprint density at radius 2 is 1.93 bits per heavy atom. The molecule has 0 aliphatic heterocycles. The maximum absolute atomic E-state index is 12.5. The third-order valence-electron chi connectivity index (χ3n) is 3.71. The number of amides is 1. The Bertz CT molecular complexity index is 938. The summed E-state index contributed by atoms with van der Waals surface area (Å²) in [5.41, 5.74) is 3.52. The van der Waals surface area contributed by atoms with Gasteiger partial charge in [-0.15, -0.1) is 11.3 Å². The fraction of sp³-hybridized carbons (Fsp3) is 0.263. The standard InChI is InChI=1S/C19H20N4O2S2/c1-11-8-12(2)21-19(20-11)27-13(3)17(24)23-18-22-16(10-26-18)14-6-5-7-15(9-14)25-4/h5-10,13H,1-4H3,(H,22,23,24). The number of nitrogens with zero attached hydrogens (tertiary/aromatic N) is 3. The molecule has 27 heavy (non-hydrogen) atoms. The van der Waals surface area contributed by atoms with E-state index in [2.05, 4.69) is 20.3 Å². The molecule has 1 amide bonds. The molecule has 1 aromatic carbocycles. The van der Waals surface area contributed by atoms with Crippen molar-refractivity contribution < 1.29 is 9.53 Å². The van der Waals surface area contributed by atoms with Crippen LogP contribution in [0.5, 0.6) is 5.75 Å². The zero-order valence-electron chi connectivity index (χ0n) is 15.5. The van der Waals surface area contributed by atoms with Crippen LogP contribution in [-0.2, 0) is 4.79 Å². The van der Waals surface area contributed by atoms with Crippen LogP contribution in [-0.4, -0.2) is 33.2 Å². The lowest BCUT2D eigenvalue weighted by Crippen LogP contribution is -2.22. The number of hydrogen-bond acceptors (Lipinski definition) is 7. The molecule has 0 spiro atoms. The summed E-state index contributed by atoms with van der Waals surface area (Å²) in [7, 11) is 1.63. The highest BCUT2D eigenvalue weighted by Gasteiger charge is 2.18. The topological polar surface area (TPSA) is 77.0 Å². The molecule has 0 aliphatic carbocycles. The van der Waals surface area contributed by atoms with E-state index >= 15 is 0 Å². The molecular formula is C19H20N4O2S2. The molecule has 0 fully saturated rings. The maximum Gasteiger partial charge on any atom is 0.239 e. The van der Waals surface area contributed by atoms with E-state index in [1.165, 1.54) is 23.1 Å². The summed E-state index contributed by atoms with van der Waals surface area (Å²) in [5, 5.41) is 5.61. The van der Waals surface area contributed by atoms with Crippen LogP contribution in [0.3, 0.4) is 0 Å². The van der Waals surface area contributed by atoms with E-state index in [9.17, 15) is 4.79 Å². The average Bonchev–Trinajstić information content (AvgIpc) is 3.09. The van der Waals surface area contributed by atoms with Gasteiger partial charge in [-0.05, 0) is 39.0 Å². The molecule has 140 valence electrons. The molecule has 8 heteroatoms. The fourth-order valence-corrected chi connectivity index (χ4v) is 4.01. The molecule has 2 aromatic heterocycles. The molecule has 1 unspecified atom stereocenters. The number of methoxy groups -OCH3 is 1. The Kier molecular flexibility index (Phi) is 6.08. The van der Waals surface area contributed by atoms with Crippen molar-refractivity contribution in [3.05, 3.63) is 47.1 Å². The van der Waals surface area contributed by atoms with Gasteiger partial charge in [0.15, 0.2) is 10.3 Å². The largest absolute Gasteiger partial charge is 0.497 e. The predicted octanol–water partition coefficient (Wildman–Crippen LogP) is 4.34. The summed E-state index contributed by atoms with van der Waals surface area (Å²) < 4.78 is 5.24. The van der Waals surface area contributed by atoms with Crippen molar-refractivity contribution in [1.82, 2.24) is 15.0 Å². The number of thioether (sulfide) groups is 1. The first kappa shape index (κ1) is 19.3. The second-order valence-electron chi connectivity index (χ2n) is 5.95. The number of rotatable bonds is 6. The van der Waals surface area contributed by atoms with Crippen molar-refractivity contribution >= 4 is 34.1 Å². The number of anilines is 1. The number of hydrogen-bond donors (Lipinski definition) is 1. The summed E-state index contributed by atoms with van der Waals surface area (Å²) in [6.07, 6.45) is 0. The predicted molar refractivity (Wildman–Crippen MR) is 110 cm³/mol. The molecule has 1 atom stereocenters. The second kappa shape index (κ2) is 8.49. The van der Waals surface area contributed by atoms with E-state index in [0.717, 1.165) is 28.4 Å². The molecule has 1 N–H and O–H groups in total. The fourth-order valence-electron chi connectivity index (χ4n) is 2.41. The second-order valence-corrected chi connectivity index (χ2v) is 8.12. The zero-order valence-corrected chi connectivity index (χ0v) is 17.1. The highest BCUT2D eigenvalue weighted by atomic mass is 32.2. The van der Waals surface area contributed by atoms with E-state index in [1.54, 1.807) is 7.11 Å². The maximum atomic E-state index is 12.5. The summed E-state index contributed by atoms with van der Waals surface area (Å²) in [6, 6.07) is 9.57. The Morgan fingerprint density at radius 1 is 1.19 bits per heavy atom. The van der Waals surface area contributed by atoms with E-state index in [0.29, 0.717) is 10.3 Å². The molecule has 3 aromatic rings. The first-order chi connectivity index (χ1) is 12.9. The van der Waals surface area contributed by atoms with Gasteiger partial charge in [0, 0.05) is 22.3 Å². The number of carbonyl (C=O) groups is 1. The monoisotopic (exact) mass is 400 g/mol. The molecular weight excluding hydrogens is 380 g/mol. The Morgan fingerprint density at radius 3 is 2.63 bits per heavy atom. The lowest BCUT2D eigenvalue weighted by Gasteiger charge is -2.10. The van der Waals surface area contributed by atoms with Gasteiger partial charge in [-0.1, -0.05) is 23.9 Å². The lowest BCUT2D eigenvalue weighted by molar-refractivity contribution is -0.115. The van der Waals surface area contributed by atoms with E-state index in [-0.39, 0.29) is 11.2 Å². The van der Waals surface area contributed by atoms with Crippen molar-refractivity contribution in [2.75, 3.05) is 12.4 Å². The first-order valence-corrected chi connectivity index (χ1v) is 10.1. The number of thiazole rings is 1. The van der Waals surface area contributed by atoms with Crippen molar-refractivity contribution in [3.63, 3.8) is 0 Å².